The Morgan fingerprint density at radius 3 is 2.65 bits per heavy atom. The summed E-state index contributed by atoms with van der Waals surface area (Å²) in [6.45, 7) is -0.757. The van der Waals surface area contributed by atoms with E-state index in [1.54, 1.807) is 0 Å². The van der Waals surface area contributed by atoms with Crippen LogP contribution in [0.5, 0.6) is 0 Å². The van der Waals surface area contributed by atoms with Crippen molar-refractivity contribution in [3.8, 4) is 0 Å². The standard InChI is InChI=1S/C10H6ClN3O6/c11-4-1-7-5(2-6(4)14(19)20)12-9(17)10(18)13(7)3-8(15)16/h1-2H,3H2,(H,12,17)(H,15,16). The van der Waals surface area contributed by atoms with Gasteiger partial charge in [-0.2, -0.15) is 0 Å². The Hall–Kier alpha value is -2.68. The van der Waals surface area contributed by atoms with Crippen molar-refractivity contribution in [1.29, 1.82) is 0 Å². The summed E-state index contributed by atoms with van der Waals surface area (Å²) in [7, 11) is 0. The molecule has 2 N–H and O–H groups in total. The van der Waals surface area contributed by atoms with Crippen molar-refractivity contribution in [2.45, 2.75) is 6.54 Å². The first-order valence-corrected chi connectivity index (χ1v) is 5.51. The first-order valence-electron chi connectivity index (χ1n) is 5.14. The number of hydrogen-bond donors (Lipinski definition) is 2. The number of H-pyrrole nitrogens is 1. The number of nitro benzene ring substituents is 1. The molecule has 0 atom stereocenters. The maximum absolute atomic E-state index is 11.6. The van der Waals surface area contributed by atoms with E-state index in [0.29, 0.717) is 4.57 Å². The van der Waals surface area contributed by atoms with Gasteiger partial charge in [0, 0.05) is 6.07 Å². The van der Waals surface area contributed by atoms with Crippen molar-refractivity contribution in [3.05, 3.63) is 48.0 Å². The van der Waals surface area contributed by atoms with Crippen LogP contribution < -0.4 is 11.1 Å². The average Bonchev–Trinajstić information content (AvgIpc) is 2.34. The molecule has 0 amide bonds. The van der Waals surface area contributed by atoms with Gasteiger partial charge in [0.05, 0.1) is 16.0 Å². The van der Waals surface area contributed by atoms with Crippen LogP contribution in [0.1, 0.15) is 0 Å². The number of halogens is 1. The second kappa shape index (κ2) is 4.78. The molecule has 0 aliphatic rings. The quantitative estimate of drug-likeness (QED) is 0.476. The molecule has 0 bridgehead atoms. The fraction of sp³-hybridized carbons (Fsp3) is 0.100. The smallest absolute Gasteiger partial charge is 0.323 e. The van der Waals surface area contributed by atoms with Crippen molar-refractivity contribution >= 4 is 34.3 Å². The number of carboxylic acid groups (broad SMARTS) is 1. The van der Waals surface area contributed by atoms with Crippen molar-refractivity contribution < 1.29 is 14.8 Å². The van der Waals surface area contributed by atoms with E-state index in [-0.39, 0.29) is 16.1 Å². The summed E-state index contributed by atoms with van der Waals surface area (Å²) in [6.07, 6.45) is 0. The number of aliphatic carboxylic acids is 1. The Morgan fingerprint density at radius 2 is 2.10 bits per heavy atom. The second-order valence-corrected chi connectivity index (χ2v) is 4.22. The molecule has 9 nitrogen and oxygen atoms in total. The van der Waals surface area contributed by atoms with Gasteiger partial charge in [0.25, 0.3) is 5.69 Å². The molecule has 0 saturated carbocycles. The summed E-state index contributed by atoms with van der Waals surface area (Å²) in [5.41, 5.74) is -2.67. The minimum absolute atomic E-state index is 0.00685. The van der Waals surface area contributed by atoms with Crippen LogP contribution in [0.25, 0.3) is 11.0 Å². The highest BCUT2D eigenvalue weighted by atomic mass is 35.5. The molecule has 0 unspecified atom stereocenters. The molecule has 20 heavy (non-hydrogen) atoms. The first-order chi connectivity index (χ1) is 9.31. The third-order valence-electron chi connectivity index (χ3n) is 2.53. The Morgan fingerprint density at radius 1 is 1.45 bits per heavy atom. The van der Waals surface area contributed by atoms with E-state index in [2.05, 4.69) is 4.98 Å². The van der Waals surface area contributed by atoms with Gasteiger partial charge in [0.2, 0.25) is 0 Å². The van der Waals surface area contributed by atoms with E-state index in [1.807, 2.05) is 0 Å². The third kappa shape index (κ3) is 2.26. The lowest BCUT2D eigenvalue weighted by atomic mass is 10.2. The largest absolute Gasteiger partial charge is 0.480 e. The molecular weight excluding hydrogens is 294 g/mol. The van der Waals surface area contributed by atoms with Crippen molar-refractivity contribution in [2.24, 2.45) is 0 Å². The van der Waals surface area contributed by atoms with E-state index in [1.165, 1.54) is 0 Å². The number of benzene rings is 1. The zero-order valence-corrected chi connectivity index (χ0v) is 10.4. The van der Waals surface area contributed by atoms with E-state index in [9.17, 15) is 24.5 Å². The van der Waals surface area contributed by atoms with Crippen molar-refractivity contribution in [3.63, 3.8) is 0 Å². The molecule has 2 rings (SSSR count). The molecule has 0 fully saturated rings. The van der Waals surface area contributed by atoms with Gasteiger partial charge >= 0.3 is 17.1 Å². The summed E-state index contributed by atoms with van der Waals surface area (Å²) in [4.78, 5) is 45.9. The highest BCUT2D eigenvalue weighted by molar-refractivity contribution is 6.33. The van der Waals surface area contributed by atoms with E-state index in [4.69, 9.17) is 16.7 Å². The van der Waals surface area contributed by atoms with E-state index >= 15 is 0 Å². The lowest BCUT2D eigenvalue weighted by Gasteiger charge is -2.07. The number of nitrogens with zero attached hydrogens (tertiary/aromatic N) is 2. The van der Waals surface area contributed by atoms with Crippen LogP contribution in [0.15, 0.2) is 21.7 Å². The fourth-order valence-electron chi connectivity index (χ4n) is 1.71. The highest BCUT2D eigenvalue weighted by Gasteiger charge is 2.18. The third-order valence-corrected chi connectivity index (χ3v) is 2.84. The normalized spacial score (nSPS) is 10.7. The van der Waals surface area contributed by atoms with Crippen LogP contribution in [0.3, 0.4) is 0 Å². The lowest BCUT2D eigenvalue weighted by molar-refractivity contribution is -0.384. The number of carboxylic acids is 1. The van der Waals surface area contributed by atoms with Gasteiger partial charge < -0.3 is 10.1 Å². The average molecular weight is 300 g/mol. The van der Waals surface area contributed by atoms with Gasteiger partial charge in [-0.3, -0.25) is 29.1 Å². The number of rotatable bonds is 3. The van der Waals surface area contributed by atoms with Gasteiger partial charge in [-0.1, -0.05) is 11.6 Å². The van der Waals surface area contributed by atoms with Crippen LogP contribution in [0, 0.1) is 10.1 Å². The Balaban J connectivity index is 2.91. The number of hydrogen-bond acceptors (Lipinski definition) is 5. The topological polar surface area (TPSA) is 135 Å². The minimum Gasteiger partial charge on any atom is -0.480 e. The summed E-state index contributed by atoms with van der Waals surface area (Å²) in [5, 5.41) is 19.2. The fourth-order valence-corrected chi connectivity index (χ4v) is 1.94. The number of fused-ring (bicyclic) bond motifs is 1. The predicted octanol–water partition coefficient (Wildman–Crippen LogP) is 0.336. The molecule has 0 aliphatic heterocycles. The molecule has 1 aromatic carbocycles. The SMILES string of the molecule is O=C(O)Cn1c(=O)c(=O)[nH]c2cc([N+](=O)[O-])c(Cl)cc21. The van der Waals surface area contributed by atoms with Crippen LogP contribution in [0.2, 0.25) is 5.02 Å². The van der Waals surface area contributed by atoms with Gasteiger partial charge in [0.15, 0.2) is 0 Å². The first kappa shape index (κ1) is 13.7. The van der Waals surface area contributed by atoms with Gasteiger partial charge in [-0.25, -0.2) is 0 Å². The molecule has 104 valence electrons. The molecule has 10 heteroatoms. The zero-order chi connectivity index (χ0) is 15.0. The zero-order valence-electron chi connectivity index (χ0n) is 9.62. The predicted molar refractivity (Wildman–Crippen MR) is 68.1 cm³/mol. The molecule has 1 heterocycles. The van der Waals surface area contributed by atoms with Crippen molar-refractivity contribution in [2.75, 3.05) is 0 Å². The summed E-state index contributed by atoms with van der Waals surface area (Å²) < 4.78 is 0.687. The Labute approximate surface area is 114 Å². The minimum atomic E-state index is -1.34. The number of carbonyl (C=O) groups is 1. The summed E-state index contributed by atoms with van der Waals surface area (Å²) in [5.74, 6) is -1.34. The van der Waals surface area contributed by atoms with E-state index < -0.39 is 34.2 Å². The van der Waals surface area contributed by atoms with Gasteiger partial charge in [-0.15, -0.1) is 0 Å². The molecule has 1 aromatic heterocycles. The van der Waals surface area contributed by atoms with E-state index in [0.717, 1.165) is 12.1 Å². The van der Waals surface area contributed by atoms with Gasteiger partial charge in [-0.05, 0) is 6.07 Å². The second-order valence-electron chi connectivity index (χ2n) is 3.82. The molecule has 0 aliphatic carbocycles. The molecule has 2 aromatic rings. The molecular formula is C10H6ClN3O6. The van der Waals surface area contributed by atoms with Crippen LogP contribution >= 0.6 is 11.6 Å². The van der Waals surface area contributed by atoms with Crippen LogP contribution in [0.4, 0.5) is 5.69 Å². The number of aromatic amines is 1. The molecule has 0 radical (unpaired) electrons. The van der Waals surface area contributed by atoms with Crippen LogP contribution in [-0.2, 0) is 11.3 Å². The Bertz CT molecular complexity index is 852. The number of nitrogens with one attached hydrogen (secondary N) is 1. The lowest BCUT2D eigenvalue weighted by Crippen LogP contribution is -2.37. The maximum atomic E-state index is 11.6. The maximum Gasteiger partial charge on any atom is 0.323 e. The molecule has 0 saturated heterocycles. The molecule has 0 spiro atoms. The monoisotopic (exact) mass is 299 g/mol. The Kier molecular flexibility index (Phi) is 3.28. The van der Waals surface area contributed by atoms with Crippen LogP contribution in [-0.4, -0.2) is 25.6 Å². The summed E-state index contributed by atoms with van der Waals surface area (Å²) in [6, 6.07) is 2.03. The number of nitro groups is 1. The number of aromatic nitrogens is 2. The highest BCUT2D eigenvalue weighted by Crippen LogP contribution is 2.27. The van der Waals surface area contributed by atoms with Gasteiger partial charge in [0.1, 0.15) is 11.6 Å². The summed E-state index contributed by atoms with van der Waals surface area (Å²) >= 11 is 5.70. The van der Waals surface area contributed by atoms with Crippen molar-refractivity contribution in [1.82, 2.24) is 9.55 Å².